The molecule has 7 heteroatoms. The highest BCUT2D eigenvalue weighted by atomic mass is 19.4. The smallest absolute Gasteiger partial charge is 0.416 e. The Kier molecular flexibility index (Phi) is 7.87. The van der Waals surface area contributed by atoms with Crippen LogP contribution >= 0.6 is 0 Å². The second-order valence-corrected chi connectivity index (χ2v) is 6.36. The van der Waals surface area contributed by atoms with Crippen LogP contribution in [0.2, 0.25) is 0 Å². The first-order chi connectivity index (χ1) is 13.3. The first-order valence-corrected chi connectivity index (χ1v) is 9.22. The molecule has 2 aromatic carbocycles. The molecule has 0 aliphatic carbocycles. The lowest BCUT2D eigenvalue weighted by atomic mass is 10.1. The number of halogens is 3. The number of carbonyl (C=O) groups excluding carboxylic acids is 1. The SMILES string of the molecule is CCN[C@@H](CC)C(=O)NCc1ccc(OCc2ccc(C(F)(F)F)cc2)cc1. The number of hydrogen-bond acceptors (Lipinski definition) is 3. The minimum absolute atomic E-state index is 0.0352. The number of rotatable bonds is 9. The predicted molar refractivity (Wildman–Crippen MR) is 102 cm³/mol. The van der Waals surface area contributed by atoms with Crippen molar-refractivity contribution in [3.8, 4) is 5.75 Å². The quantitative estimate of drug-likeness (QED) is 0.667. The molecular formula is C21H25F3N2O2. The van der Waals surface area contributed by atoms with E-state index in [-0.39, 0.29) is 18.6 Å². The Morgan fingerprint density at radius 2 is 1.61 bits per heavy atom. The van der Waals surface area contributed by atoms with Crippen molar-refractivity contribution in [3.05, 3.63) is 65.2 Å². The molecule has 1 atom stereocenters. The van der Waals surface area contributed by atoms with E-state index >= 15 is 0 Å². The number of carbonyl (C=O) groups is 1. The van der Waals surface area contributed by atoms with Crippen LogP contribution in [0, 0.1) is 0 Å². The summed E-state index contributed by atoms with van der Waals surface area (Å²) in [7, 11) is 0. The van der Waals surface area contributed by atoms with Crippen molar-refractivity contribution in [1.82, 2.24) is 10.6 Å². The van der Waals surface area contributed by atoms with Crippen molar-refractivity contribution in [2.24, 2.45) is 0 Å². The van der Waals surface area contributed by atoms with Crippen molar-refractivity contribution < 1.29 is 22.7 Å². The molecule has 0 aliphatic heterocycles. The molecule has 4 nitrogen and oxygen atoms in total. The minimum atomic E-state index is -4.34. The van der Waals surface area contributed by atoms with Crippen LogP contribution in [-0.4, -0.2) is 18.5 Å². The van der Waals surface area contributed by atoms with Gasteiger partial charge >= 0.3 is 6.18 Å². The number of hydrogen-bond donors (Lipinski definition) is 2. The maximum Gasteiger partial charge on any atom is 0.416 e. The van der Waals surface area contributed by atoms with Gasteiger partial charge < -0.3 is 15.4 Å². The summed E-state index contributed by atoms with van der Waals surface area (Å²) in [5.41, 5.74) is 0.905. The Hall–Kier alpha value is -2.54. The Balaban J connectivity index is 1.83. The van der Waals surface area contributed by atoms with Crippen molar-refractivity contribution >= 4 is 5.91 Å². The zero-order chi connectivity index (χ0) is 20.6. The van der Waals surface area contributed by atoms with Crippen LogP contribution in [0.15, 0.2) is 48.5 Å². The molecule has 0 spiro atoms. The lowest BCUT2D eigenvalue weighted by Crippen LogP contribution is -2.43. The summed E-state index contributed by atoms with van der Waals surface area (Å²) in [6, 6.07) is 11.9. The van der Waals surface area contributed by atoms with Gasteiger partial charge in [0.25, 0.3) is 0 Å². The van der Waals surface area contributed by atoms with E-state index in [4.69, 9.17) is 4.74 Å². The maximum absolute atomic E-state index is 12.6. The zero-order valence-corrected chi connectivity index (χ0v) is 16.0. The first kappa shape index (κ1) is 21.8. The standard InChI is InChI=1S/C21H25F3N2O2/c1-3-19(25-4-2)20(27)26-13-15-7-11-18(12-8-15)28-14-16-5-9-17(10-6-16)21(22,23)24/h5-12,19,25H,3-4,13-14H2,1-2H3,(H,26,27)/t19-/m0/s1. The summed E-state index contributed by atoms with van der Waals surface area (Å²) in [6.07, 6.45) is -3.62. The Labute approximate surface area is 163 Å². The fourth-order valence-electron chi connectivity index (χ4n) is 2.64. The molecule has 0 heterocycles. The van der Waals surface area contributed by atoms with Crippen LogP contribution < -0.4 is 15.4 Å². The summed E-state index contributed by atoms with van der Waals surface area (Å²) >= 11 is 0. The van der Waals surface area contributed by atoms with E-state index in [1.807, 2.05) is 26.0 Å². The van der Waals surface area contributed by atoms with Crippen molar-refractivity contribution in [1.29, 1.82) is 0 Å². The highest BCUT2D eigenvalue weighted by Gasteiger charge is 2.29. The van der Waals surface area contributed by atoms with Gasteiger partial charge in [0.2, 0.25) is 5.91 Å². The predicted octanol–water partition coefficient (Wildman–Crippen LogP) is 4.29. The highest BCUT2D eigenvalue weighted by Crippen LogP contribution is 2.29. The van der Waals surface area contributed by atoms with E-state index in [1.165, 1.54) is 12.1 Å². The third-order valence-electron chi connectivity index (χ3n) is 4.25. The largest absolute Gasteiger partial charge is 0.489 e. The van der Waals surface area contributed by atoms with Gasteiger partial charge in [0.15, 0.2) is 0 Å². The molecule has 0 unspecified atom stereocenters. The number of likely N-dealkylation sites (N-methyl/N-ethyl adjacent to an activating group) is 1. The van der Waals surface area contributed by atoms with Crippen LogP contribution in [-0.2, 0) is 24.1 Å². The van der Waals surface area contributed by atoms with Crippen LogP contribution in [0.3, 0.4) is 0 Å². The van der Waals surface area contributed by atoms with Gasteiger partial charge in [0.1, 0.15) is 12.4 Å². The molecule has 28 heavy (non-hydrogen) atoms. The third-order valence-corrected chi connectivity index (χ3v) is 4.25. The molecule has 0 aromatic heterocycles. The highest BCUT2D eigenvalue weighted by molar-refractivity contribution is 5.81. The maximum atomic E-state index is 12.6. The molecule has 2 rings (SSSR count). The van der Waals surface area contributed by atoms with Gasteiger partial charge in [-0.25, -0.2) is 0 Å². The molecule has 152 valence electrons. The van der Waals surface area contributed by atoms with Gasteiger partial charge in [0.05, 0.1) is 11.6 Å². The van der Waals surface area contributed by atoms with Crippen LogP contribution in [0.4, 0.5) is 13.2 Å². The Bertz CT molecular complexity index is 744. The summed E-state index contributed by atoms with van der Waals surface area (Å²) in [5.74, 6) is 0.570. The second kappa shape index (κ2) is 10.1. The molecule has 0 aliphatic rings. The lowest BCUT2D eigenvalue weighted by Gasteiger charge is -2.15. The summed E-state index contributed by atoms with van der Waals surface area (Å²) in [6.45, 7) is 5.24. The Morgan fingerprint density at radius 3 is 2.14 bits per heavy atom. The molecule has 0 saturated heterocycles. The summed E-state index contributed by atoms with van der Waals surface area (Å²) in [4.78, 5) is 12.1. The van der Waals surface area contributed by atoms with Gasteiger partial charge in [-0.2, -0.15) is 13.2 Å². The third kappa shape index (κ3) is 6.56. The molecular weight excluding hydrogens is 369 g/mol. The number of nitrogens with one attached hydrogen (secondary N) is 2. The van der Waals surface area contributed by atoms with Gasteiger partial charge in [-0.05, 0) is 48.4 Å². The van der Waals surface area contributed by atoms with Crippen molar-refractivity contribution in [2.45, 2.75) is 45.6 Å². The molecule has 0 radical (unpaired) electrons. The lowest BCUT2D eigenvalue weighted by molar-refractivity contribution is -0.137. The minimum Gasteiger partial charge on any atom is -0.489 e. The number of amides is 1. The number of ether oxygens (including phenoxy) is 1. The van der Waals surface area contributed by atoms with E-state index in [0.29, 0.717) is 17.9 Å². The van der Waals surface area contributed by atoms with Crippen molar-refractivity contribution in [2.75, 3.05) is 6.54 Å². The normalized spacial score (nSPS) is 12.5. The first-order valence-electron chi connectivity index (χ1n) is 9.22. The summed E-state index contributed by atoms with van der Waals surface area (Å²) < 4.78 is 43.3. The molecule has 0 bridgehead atoms. The Morgan fingerprint density at radius 1 is 1.00 bits per heavy atom. The van der Waals surface area contributed by atoms with Gasteiger partial charge in [-0.1, -0.05) is 38.1 Å². The molecule has 0 saturated carbocycles. The monoisotopic (exact) mass is 394 g/mol. The van der Waals surface area contributed by atoms with E-state index in [9.17, 15) is 18.0 Å². The molecule has 0 fully saturated rings. The van der Waals surface area contributed by atoms with Crippen LogP contribution in [0.5, 0.6) is 5.75 Å². The molecule has 2 N–H and O–H groups in total. The number of alkyl halides is 3. The van der Waals surface area contributed by atoms with Gasteiger partial charge in [-0.15, -0.1) is 0 Å². The topological polar surface area (TPSA) is 50.4 Å². The fraction of sp³-hybridized carbons (Fsp3) is 0.381. The summed E-state index contributed by atoms with van der Waals surface area (Å²) in [5, 5.41) is 6.02. The molecule has 1 amide bonds. The average Bonchev–Trinajstić information content (AvgIpc) is 2.69. The van der Waals surface area contributed by atoms with E-state index in [0.717, 1.165) is 30.7 Å². The van der Waals surface area contributed by atoms with Crippen LogP contribution in [0.1, 0.15) is 37.0 Å². The van der Waals surface area contributed by atoms with E-state index in [1.54, 1.807) is 12.1 Å². The van der Waals surface area contributed by atoms with E-state index in [2.05, 4.69) is 10.6 Å². The average molecular weight is 394 g/mol. The van der Waals surface area contributed by atoms with Crippen LogP contribution in [0.25, 0.3) is 0 Å². The van der Waals surface area contributed by atoms with Crippen molar-refractivity contribution in [3.63, 3.8) is 0 Å². The number of benzene rings is 2. The second-order valence-electron chi connectivity index (χ2n) is 6.36. The van der Waals surface area contributed by atoms with E-state index < -0.39 is 11.7 Å². The zero-order valence-electron chi connectivity index (χ0n) is 16.0. The molecule has 2 aromatic rings. The van der Waals surface area contributed by atoms with Gasteiger partial charge in [0, 0.05) is 6.54 Å². The van der Waals surface area contributed by atoms with Gasteiger partial charge in [-0.3, -0.25) is 4.79 Å². The fourth-order valence-corrected chi connectivity index (χ4v) is 2.64.